The van der Waals surface area contributed by atoms with Crippen LogP contribution in [0.3, 0.4) is 0 Å². The van der Waals surface area contributed by atoms with Crippen LogP contribution >= 0.6 is 0 Å². The van der Waals surface area contributed by atoms with E-state index in [4.69, 9.17) is 4.74 Å². The molecule has 0 saturated heterocycles. The average molecular weight is 269 g/mol. The van der Waals surface area contributed by atoms with Crippen molar-refractivity contribution in [3.8, 4) is 5.75 Å². The third kappa shape index (κ3) is 2.28. The minimum Gasteiger partial charge on any atom is -0.497 e. The van der Waals surface area contributed by atoms with Crippen molar-refractivity contribution < 1.29 is 9.53 Å². The van der Waals surface area contributed by atoms with Crippen LogP contribution in [0.4, 0.5) is 5.69 Å². The predicted octanol–water partition coefficient (Wildman–Crippen LogP) is 1.39. The first-order chi connectivity index (χ1) is 9.76. The molecule has 3 rings (SSSR count). The maximum atomic E-state index is 12.0. The summed E-state index contributed by atoms with van der Waals surface area (Å²) in [6, 6.07) is 8.71. The second kappa shape index (κ2) is 4.96. The summed E-state index contributed by atoms with van der Waals surface area (Å²) in [5.41, 5.74) is 0.641. The topological polar surface area (TPSA) is 81.4 Å². The molecule has 0 aliphatic carbocycles. The molecule has 0 aliphatic heterocycles. The number of aromatic nitrogens is 4. The fraction of sp³-hybridized carbons (Fsp3) is 0.0769. The number of fused-ring (bicyclic) bond motifs is 1. The normalized spacial score (nSPS) is 10.4. The van der Waals surface area contributed by atoms with Gasteiger partial charge in [0.05, 0.1) is 7.11 Å². The fourth-order valence-corrected chi connectivity index (χ4v) is 1.69. The second-order valence-electron chi connectivity index (χ2n) is 3.98. The van der Waals surface area contributed by atoms with Crippen molar-refractivity contribution in [1.82, 2.24) is 19.6 Å². The molecule has 0 atom stereocenters. The first-order valence-corrected chi connectivity index (χ1v) is 5.89. The molecular formula is C13H11N5O2. The summed E-state index contributed by atoms with van der Waals surface area (Å²) in [5.74, 6) is 0.783. The molecule has 100 valence electrons. The van der Waals surface area contributed by atoms with Crippen LogP contribution < -0.4 is 10.1 Å². The van der Waals surface area contributed by atoms with E-state index in [2.05, 4.69) is 20.4 Å². The maximum Gasteiger partial charge on any atom is 0.295 e. The summed E-state index contributed by atoms with van der Waals surface area (Å²) in [6.45, 7) is 0. The zero-order valence-electron chi connectivity index (χ0n) is 10.6. The minimum atomic E-state index is -0.388. The van der Waals surface area contributed by atoms with E-state index in [1.807, 2.05) is 0 Å². The summed E-state index contributed by atoms with van der Waals surface area (Å²) >= 11 is 0. The molecule has 0 radical (unpaired) electrons. The molecule has 2 heterocycles. The number of carbonyl (C=O) groups is 1. The van der Waals surface area contributed by atoms with E-state index in [0.717, 1.165) is 5.75 Å². The van der Waals surface area contributed by atoms with Gasteiger partial charge in [0, 0.05) is 18.1 Å². The van der Waals surface area contributed by atoms with Crippen molar-refractivity contribution in [2.45, 2.75) is 0 Å². The second-order valence-corrected chi connectivity index (χ2v) is 3.98. The lowest BCUT2D eigenvalue weighted by Crippen LogP contribution is -2.13. The van der Waals surface area contributed by atoms with Gasteiger partial charge >= 0.3 is 0 Å². The van der Waals surface area contributed by atoms with Crippen LogP contribution in [0.15, 0.2) is 42.7 Å². The van der Waals surface area contributed by atoms with Crippen LogP contribution in [0.5, 0.6) is 5.75 Å². The summed E-state index contributed by atoms with van der Waals surface area (Å²) in [7, 11) is 1.58. The van der Waals surface area contributed by atoms with Gasteiger partial charge in [0.2, 0.25) is 5.82 Å². The monoisotopic (exact) mass is 269 g/mol. The Morgan fingerprint density at radius 1 is 1.30 bits per heavy atom. The van der Waals surface area contributed by atoms with Gasteiger partial charge in [-0.1, -0.05) is 0 Å². The highest BCUT2D eigenvalue weighted by molar-refractivity contribution is 6.01. The molecule has 0 spiro atoms. The molecule has 0 saturated carbocycles. The molecule has 2 aromatic heterocycles. The molecule has 0 bridgehead atoms. The molecule has 1 aromatic carbocycles. The Bertz CT molecular complexity index is 718. The lowest BCUT2D eigenvalue weighted by atomic mass is 10.3. The summed E-state index contributed by atoms with van der Waals surface area (Å²) in [6.07, 6.45) is 3.27. The first kappa shape index (κ1) is 12.1. The summed E-state index contributed by atoms with van der Waals surface area (Å²) in [4.78, 5) is 20.1. The maximum absolute atomic E-state index is 12.0. The van der Waals surface area contributed by atoms with Gasteiger partial charge in [0.15, 0.2) is 0 Å². The number of hydrogen-bond acceptors (Lipinski definition) is 5. The van der Waals surface area contributed by atoms with E-state index in [-0.39, 0.29) is 11.7 Å². The van der Waals surface area contributed by atoms with Crippen LogP contribution in [0.2, 0.25) is 0 Å². The summed E-state index contributed by atoms with van der Waals surface area (Å²) in [5, 5.41) is 6.76. The van der Waals surface area contributed by atoms with Gasteiger partial charge < -0.3 is 10.1 Å². The number of carbonyl (C=O) groups excluding carboxylic acids is 1. The van der Waals surface area contributed by atoms with E-state index >= 15 is 0 Å². The smallest absolute Gasteiger partial charge is 0.295 e. The van der Waals surface area contributed by atoms with E-state index in [0.29, 0.717) is 11.5 Å². The highest BCUT2D eigenvalue weighted by Crippen LogP contribution is 2.15. The lowest BCUT2D eigenvalue weighted by molar-refractivity contribution is 0.101. The Morgan fingerprint density at radius 2 is 2.10 bits per heavy atom. The largest absolute Gasteiger partial charge is 0.497 e. The SMILES string of the molecule is COc1ccc(NC(=O)c2nc3ncccn3n2)cc1. The molecular weight excluding hydrogens is 258 g/mol. The first-order valence-electron chi connectivity index (χ1n) is 5.89. The molecule has 0 fully saturated rings. The Balaban J connectivity index is 1.81. The van der Waals surface area contributed by atoms with E-state index in [1.54, 1.807) is 49.8 Å². The Morgan fingerprint density at radius 3 is 2.80 bits per heavy atom. The van der Waals surface area contributed by atoms with E-state index < -0.39 is 0 Å². The standard InChI is InChI=1S/C13H11N5O2/c1-20-10-5-3-9(4-6-10)15-12(19)11-16-13-14-7-2-8-18(13)17-11/h2-8H,1H3,(H,15,19). The number of benzene rings is 1. The highest BCUT2D eigenvalue weighted by atomic mass is 16.5. The number of anilines is 1. The van der Waals surface area contributed by atoms with Crippen molar-refractivity contribution in [1.29, 1.82) is 0 Å². The lowest BCUT2D eigenvalue weighted by Gasteiger charge is -2.03. The van der Waals surface area contributed by atoms with E-state index in [1.165, 1.54) is 4.52 Å². The highest BCUT2D eigenvalue weighted by Gasteiger charge is 2.13. The van der Waals surface area contributed by atoms with Gasteiger partial charge in [-0.2, -0.15) is 4.98 Å². The Labute approximate surface area is 114 Å². The van der Waals surface area contributed by atoms with Crippen LogP contribution in [0, 0.1) is 0 Å². The third-order valence-corrected chi connectivity index (χ3v) is 2.67. The van der Waals surface area contributed by atoms with Crippen molar-refractivity contribution >= 4 is 17.4 Å². The quantitative estimate of drug-likeness (QED) is 0.777. The molecule has 7 nitrogen and oxygen atoms in total. The number of ether oxygens (including phenoxy) is 1. The van der Waals surface area contributed by atoms with E-state index in [9.17, 15) is 4.79 Å². The molecule has 7 heteroatoms. The van der Waals surface area contributed by atoms with Crippen molar-refractivity contribution in [2.24, 2.45) is 0 Å². The molecule has 0 unspecified atom stereocenters. The number of nitrogens with zero attached hydrogens (tertiary/aromatic N) is 4. The average Bonchev–Trinajstić information content (AvgIpc) is 2.92. The van der Waals surface area contributed by atoms with Crippen molar-refractivity contribution in [2.75, 3.05) is 12.4 Å². The van der Waals surface area contributed by atoms with Crippen LogP contribution in [-0.2, 0) is 0 Å². The zero-order chi connectivity index (χ0) is 13.9. The van der Waals surface area contributed by atoms with Crippen LogP contribution in [-0.4, -0.2) is 32.6 Å². The van der Waals surface area contributed by atoms with Gasteiger partial charge in [-0.15, -0.1) is 5.10 Å². The van der Waals surface area contributed by atoms with Gasteiger partial charge in [0.1, 0.15) is 5.75 Å². The fourth-order valence-electron chi connectivity index (χ4n) is 1.69. The minimum absolute atomic E-state index is 0.0690. The Hall–Kier alpha value is -2.96. The summed E-state index contributed by atoms with van der Waals surface area (Å²) < 4.78 is 6.50. The third-order valence-electron chi connectivity index (χ3n) is 2.67. The van der Waals surface area contributed by atoms with Gasteiger partial charge in [0.25, 0.3) is 11.7 Å². The van der Waals surface area contributed by atoms with Gasteiger partial charge in [-0.3, -0.25) is 4.79 Å². The van der Waals surface area contributed by atoms with Gasteiger partial charge in [-0.25, -0.2) is 9.50 Å². The molecule has 0 aliphatic rings. The van der Waals surface area contributed by atoms with Crippen LogP contribution in [0.25, 0.3) is 5.78 Å². The Kier molecular flexibility index (Phi) is 3.00. The zero-order valence-corrected chi connectivity index (χ0v) is 10.6. The number of methoxy groups -OCH3 is 1. The molecule has 20 heavy (non-hydrogen) atoms. The number of amides is 1. The number of nitrogens with one attached hydrogen (secondary N) is 1. The predicted molar refractivity (Wildman–Crippen MR) is 71.7 cm³/mol. The molecule has 1 amide bonds. The van der Waals surface area contributed by atoms with Crippen molar-refractivity contribution in [3.05, 3.63) is 48.5 Å². The van der Waals surface area contributed by atoms with Gasteiger partial charge in [-0.05, 0) is 30.3 Å². The molecule has 1 N–H and O–H groups in total. The number of hydrogen-bond donors (Lipinski definition) is 1. The van der Waals surface area contributed by atoms with Crippen LogP contribution in [0.1, 0.15) is 10.6 Å². The number of rotatable bonds is 3. The van der Waals surface area contributed by atoms with Crippen molar-refractivity contribution in [3.63, 3.8) is 0 Å². The molecule has 3 aromatic rings.